The van der Waals surface area contributed by atoms with E-state index in [1.165, 1.54) is 26.1 Å². The second-order valence-electron chi connectivity index (χ2n) is 8.67. The molecule has 0 spiro atoms. The highest BCUT2D eigenvalue weighted by atomic mass is 19.4. The SMILES string of the molecule is CCCC(C)(CNC(=O)c1c(C(F)(F)F)nc2c(OCc3c(F)cccc3F)cc(C)cn12)OC(N)=O. The molecule has 2 heterocycles. The van der Waals surface area contributed by atoms with E-state index in [1.54, 1.807) is 6.92 Å². The number of carbonyl (C=O) groups excluding carboxylic acids is 2. The van der Waals surface area contributed by atoms with Gasteiger partial charge in [0, 0.05) is 6.20 Å². The average molecular weight is 528 g/mol. The minimum atomic E-state index is -5.03. The monoisotopic (exact) mass is 528 g/mol. The highest BCUT2D eigenvalue weighted by Crippen LogP contribution is 2.35. The summed E-state index contributed by atoms with van der Waals surface area (Å²) in [6.07, 6.45) is -4.07. The van der Waals surface area contributed by atoms with Crippen molar-refractivity contribution < 1.29 is 41.0 Å². The topological polar surface area (TPSA) is 108 Å². The molecule has 0 aliphatic heterocycles. The van der Waals surface area contributed by atoms with Gasteiger partial charge < -0.3 is 20.5 Å². The van der Waals surface area contributed by atoms with E-state index in [2.05, 4.69) is 10.3 Å². The maximum absolute atomic E-state index is 14.0. The van der Waals surface area contributed by atoms with Crippen LogP contribution in [0.2, 0.25) is 0 Å². The molecule has 13 heteroatoms. The fraction of sp³-hybridized carbons (Fsp3) is 0.375. The van der Waals surface area contributed by atoms with Gasteiger partial charge in [-0.15, -0.1) is 0 Å². The van der Waals surface area contributed by atoms with Crippen LogP contribution >= 0.6 is 0 Å². The van der Waals surface area contributed by atoms with Gasteiger partial charge in [0.05, 0.1) is 12.1 Å². The molecule has 1 unspecified atom stereocenters. The van der Waals surface area contributed by atoms with E-state index >= 15 is 0 Å². The number of imidazole rings is 1. The molecule has 2 aromatic heterocycles. The Balaban J connectivity index is 2.02. The number of pyridine rings is 1. The lowest BCUT2D eigenvalue weighted by atomic mass is 10.0. The number of nitrogens with two attached hydrogens (primary N) is 1. The number of carbonyl (C=O) groups is 2. The Labute approximate surface area is 208 Å². The van der Waals surface area contributed by atoms with E-state index in [1.807, 2.05) is 0 Å². The van der Waals surface area contributed by atoms with Crippen molar-refractivity contribution in [2.45, 2.75) is 52.0 Å². The van der Waals surface area contributed by atoms with Crippen LogP contribution in [0, 0.1) is 18.6 Å². The number of halogens is 5. The number of aromatic nitrogens is 2. The lowest BCUT2D eigenvalue weighted by Crippen LogP contribution is -2.45. The number of rotatable bonds is 9. The van der Waals surface area contributed by atoms with Crippen LogP contribution in [0.5, 0.6) is 5.75 Å². The number of alkyl halides is 3. The first kappa shape index (κ1) is 27.7. The molecule has 1 atom stereocenters. The van der Waals surface area contributed by atoms with Gasteiger partial charge in [0.15, 0.2) is 17.1 Å². The molecule has 0 aliphatic rings. The zero-order valence-corrected chi connectivity index (χ0v) is 20.2. The molecule has 0 bridgehead atoms. The third kappa shape index (κ3) is 6.27. The summed E-state index contributed by atoms with van der Waals surface area (Å²) in [6, 6.07) is 4.53. The van der Waals surface area contributed by atoms with Gasteiger partial charge in [0.2, 0.25) is 0 Å². The Hall–Kier alpha value is -3.90. The highest BCUT2D eigenvalue weighted by molar-refractivity contribution is 5.95. The second kappa shape index (κ2) is 10.6. The summed E-state index contributed by atoms with van der Waals surface area (Å²) in [5.74, 6) is -3.15. The van der Waals surface area contributed by atoms with Crippen molar-refractivity contribution in [2.24, 2.45) is 5.73 Å². The number of ether oxygens (including phenoxy) is 2. The molecule has 1 aromatic carbocycles. The van der Waals surface area contributed by atoms with Crippen molar-refractivity contribution in [1.82, 2.24) is 14.7 Å². The Morgan fingerprint density at radius 2 is 1.84 bits per heavy atom. The van der Waals surface area contributed by atoms with Crippen LogP contribution in [-0.4, -0.2) is 33.5 Å². The zero-order chi connectivity index (χ0) is 27.5. The molecule has 0 aliphatic carbocycles. The van der Waals surface area contributed by atoms with E-state index in [0.29, 0.717) is 12.0 Å². The number of primary amides is 1. The molecule has 0 saturated heterocycles. The van der Waals surface area contributed by atoms with Crippen LogP contribution < -0.4 is 15.8 Å². The van der Waals surface area contributed by atoms with E-state index in [4.69, 9.17) is 15.2 Å². The van der Waals surface area contributed by atoms with Gasteiger partial charge in [-0.25, -0.2) is 18.6 Å². The van der Waals surface area contributed by atoms with Crippen LogP contribution in [0.4, 0.5) is 26.7 Å². The normalized spacial score (nSPS) is 13.3. The standard InChI is InChI=1S/C24H25F5N4O4/c1-4-8-23(3,37-22(30)35)12-31-21(34)18-19(24(27,28)29)32-20-17(9-13(2)10-33(18)20)36-11-14-15(25)6-5-7-16(14)26/h5-7,9-10H,4,8,11-12H2,1-3H3,(H2,30,35)(H,31,34). The number of fused-ring (bicyclic) bond motifs is 1. The summed E-state index contributed by atoms with van der Waals surface area (Å²) < 4.78 is 81.2. The van der Waals surface area contributed by atoms with E-state index in [9.17, 15) is 31.5 Å². The molecule has 0 saturated carbocycles. The Morgan fingerprint density at radius 1 is 1.19 bits per heavy atom. The summed E-state index contributed by atoms with van der Waals surface area (Å²) in [5.41, 5.74) is 1.06. The van der Waals surface area contributed by atoms with Crippen LogP contribution in [0.15, 0.2) is 30.5 Å². The lowest BCUT2D eigenvalue weighted by Gasteiger charge is -2.28. The summed E-state index contributed by atoms with van der Waals surface area (Å²) in [5, 5.41) is 2.36. The van der Waals surface area contributed by atoms with Gasteiger partial charge in [0.25, 0.3) is 5.91 Å². The minimum absolute atomic E-state index is 0.222. The molecule has 3 aromatic rings. The van der Waals surface area contributed by atoms with Gasteiger partial charge in [-0.2, -0.15) is 13.2 Å². The molecule has 37 heavy (non-hydrogen) atoms. The fourth-order valence-corrected chi connectivity index (χ4v) is 3.88. The first-order valence-corrected chi connectivity index (χ1v) is 11.2. The molecule has 2 amide bonds. The van der Waals surface area contributed by atoms with Crippen molar-refractivity contribution in [2.75, 3.05) is 6.54 Å². The average Bonchev–Trinajstić information content (AvgIpc) is 3.17. The maximum Gasteiger partial charge on any atom is 0.435 e. The first-order valence-electron chi connectivity index (χ1n) is 11.2. The number of nitrogens with zero attached hydrogens (tertiary/aromatic N) is 2. The largest absolute Gasteiger partial charge is 0.485 e. The van der Waals surface area contributed by atoms with Crippen LogP contribution in [0.25, 0.3) is 5.65 Å². The van der Waals surface area contributed by atoms with Gasteiger partial charge >= 0.3 is 12.3 Å². The molecule has 200 valence electrons. The van der Waals surface area contributed by atoms with E-state index in [-0.39, 0.29) is 24.4 Å². The number of aryl methyl sites for hydroxylation is 1. The zero-order valence-electron chi connectivity index (χ0n) is 20.2. The third-order valence-corrected chi connectivity index (χ3v) is 5.49. The van der Waals surface area contributed by atoms with Crippen molar-refractivity contribution in [3.05, 3.63) is 64.6 Å². The Kier molecular flexibility index (Phi) is 7.94. The molecular weight excluding hydrogens is 503 g/mol. The van der Waals surface area contributed by atoms with Gasteiger partial charge in [-0.1, -0.05) is 19.4 Å². The van der Waals surface area contributed by atoms with E-state index in [0.717, 1.165) is 22.6 Å². The number of hydrogen-bond acceptors (Lipinski definition) is 5. The predicted molar refractivity (Wildman–Crippen MR) is 122 cm³/mol. The quantitative estimate of drug-likeness (QED) is 0.384. The van der Waals surface area contributed by atoms with Crippen molar-refractivity contribution in [3.63, 3.8) is 0 Å². The smallest absolute Gasteiger partial charge is 0.435 e. The van der Waals surface area contributed by atoms with Crippen molar-refractivity contribution in [1.29, 1.82) is 0 Å². The van der Waals surface area contributed by atoms with Gasteiger partial charge in [0.1, 0.15) is 29.5 Å². The summed E-state index contributed by atoms with van der Waals surface area (Å²) in [4.78, 5) is 27.9. The predicted octanol–water partition coefficient (Wildman–Crippen LogP) is 4.90. The third-order valence-electron chi connectivity index (χ3n) is 5.49. The fourth-order valence-electron chi connectivity index (χ4n) is 3.88. The van der Waals surface area contributed by atoms with Crippen molar-refractivity contribution >= 4 is 17.6 Å². The molecule has 3 N–H and O–H groups in total. The van der Waals surface area contributed by atoms with Gasteiger partial charge in [-0.05, 0) is 44.0 Å². The number of nitrogens with one attached hydrogen (secondary N) is 1. The van der Waals surface area contributed by atoms with E-state index < -0.39 is 59.0 Å². The summed E-state index contributed by atoms with van der Waals surface area (Å²) in [6.45, 7) is 3.85. The number of hydrogen-bond donors (Lipinski definition) is 2. The molecule has 8 nitrogen and oxygen atoms in total. The molecule has 0 fully saturated rings. The Morgan fingerprint density at radius 3 is 2.41 bits per heavy atom. The number of amides is 2. The van der Waals surface area contributed by atoms with Crippen molar-refractivity contribution in [3.8, 4) is 5.75 Å². The maximum atomic E-state index is 14.0. The van der Waals surface area contributed by atoms with Crippen LogP contribution in [0.3, 0.4) is 0 Å². The molecular formula is C24H25F5N4O4. The summed E-state index contributed by atoms with van der Waals surface area (Å²) in [7, 11) is 0. The van der Waals surface area contributed by atoms with Crippen LogP contribution in [-0.2, 0) is 17.5 Å². The minimum Gasteiger partial charge on any atom is -0.485 e. The molecule has 3 rings (SSSR count). The number of benzene rings is 1. The summed E-state index contributed by atoms with van der Waals surface area (Å²) >= 11 is 0. The van der Waals surface area contributed by atoms with Crippen LogP contribution in [0.1, 0.15) is 54.0 Å². The highest BCUT2D eigenvalue weighted by Gasteiger charge is 2.41. The Bertz CT molecular complexity index is 1300. The first-order chi connectivity index (χ1) is 17.3. The second-order valence-corrected chi connectivity index (χ2v) is 8.67. The lowest BCUT2D eigenvalue weighted by molar-refractivity contribution is -0.141. The van der Waals surface area contributed by atoms with Gasteiger partial charge in [-0.3, -0.25) is 9.20 Å². The molecule has 0 radical (unpaired) electrons.